The molecule has 2 nitrogen and oxygen atoms in total. The first-order valence-corrected chi connectivity index (χ1v) is 5.35. The van der Waals surface area contributed by atoms with Crippen molar-refractivity contribution in [2.75, 3.05) is 13.1 Å². The van der Waals surface area contributed by atoms with E-state index in [4.69, 9.17) is 5.32 Å². The molecular weight excluding hydrogens is 187 g/mol. The minimum atomic E-state index is 0. The normalized spacial score (nSPS) is 29.1. The topological polar surface area (TPSA) is 26.1 Å². The third-order valence-corrected chi connectivity index (χ3v) is 3.07. The summed E-state index contributed by atoms with van der Waals surface area (Å²) in [6.45, 7) is 2.29. The summed E-state index contributed by atoms with van der Waals surface area (Å²) in [6, 6.07) is 1.44. The van der Waals surface area contributed by atoms with E-state index in [0.29, 0.717) is 6.04 Å². The standard InChI is InChI=1S/C10H19N2.K/c1-2-7-11-10(4-1)8-12-9-5-3-6-9;/h9-11H,1-8H2;/q-1;+1. The van der Waals surface area contributed by atoms with Gasteiger partial charge in [-0.2, -0.15) is 0 Å². The van der Waals surface area contributed by atoms with Crippen molar-refractivity contribution < 1.29 is 51.4 Å². The maximum atomic E-state index is 4.69. The number of hydrogen-bond acceptors (Lipinski definition) is 1. The van der Waals surface area contributed by atoms with Gasteiger partial charge in [-0.25, -0.2) is 0 Å². The predicted molar refractivity (Wildman–Crippen MR) is 51.5 cm³/mol. The molecule has 0 aromatic heterocycles. The summed E-state index contributed by atoms with van der Waals surface area (Å²) < 4.78 is 0. The van der Waals surface area contributed by atoms with Crippen LogP contribution in [0.25, 0.3) is 5.32 Å². The fourth-order valence-corrected chi connectivity index (χ4v) is 1.93. The molecule has 0 amide bonds. The molecule has 2 aliphatic rings. The van der Waals surface area contributed by atoms with E-state index in [-0.39, 0.29) is 51.4 Å². The number of hydrogen-bond donors (Lipinski definition) is 1. The van der Waals surface area contributed by atoms with E-state index in [0.717, 1.165) is 12.6 Å². The molecule has 1 saturated carbocycles. The third-order valence-electron chi connectivity index (χ3n) is 3.07. The predicted octanol–water partition coefficient (Wildman–Crippen LogP) is -0.941. The van der Waals surface area contributed by atoms with Crippen LogP contribution in [-0.2, 0) is 0 Å². The molecule has 1 saturated heterocycles. The average Bonchev–Trinajstić information content (AvgIpc) is 2.04. The van der Waals surface area contributed by atoms with Crippen LogP contribution in [0, 0.1) is 0 Å². The Morgan fingerprint density at radius 2 is 1.92 bits per heavy atom. The minimum absolute atomic E-state index is 0. The van der Waals surface area contributed by atoms with Gasteiger partial charge in [-0.3, -0.25) is 0 Å². The fraction of sp³-hybridized carbons (Fsp3) is 1.00. The monoisotopic (exact) mass is 206 g/mol. The number of nitrogens with zero attached hydrogens (tertiary/aromatic N) is 1. The van der Waals surface area contributed by atoms with E-state index in [1.807, 2.05) is 0 Å². The number of nitrogens with one attached hydrogen (secondary N) is 1. The fourth-order valence-electron chi connectivity index (χ4n) is 1.93. The van der Waals surface area contributed by atoms with Crippen LogP contribution in [0.15, 0.2) is 0 Å². The van der Waals surface area contributed by atoms with Crippen molar-refractivity contribution in [1.82, 2.24) is 5.32 Å². The molecule has 2 fully saturated rings. The zero-order valence-corrected chi connectivity index (χ0v) is 11.9. The van der Waals surface area contributed by atoms with Gasteiger partial charge in [-0.05, 0) is 25.4 Å². The molecule has 70 valence electrons. The molecule has 1 unspecified atom stereocenters. The van der Waals surface area contributed by atoms with Crippen molar-refractivity contribution >= 4 is 0 Å². The van der Waals surface area contributed by atoms with Gasteiger partial charge in [-0.1, -0.05) is 25.7 Å². The van der Waals surface area contributed by atoms with Gasteiger partial charge in [0.25, 0.3) is 0 Å². The van der Waals surface area contributed by atoms with Crippen LogP contribution in [0.3, 0.4) is 0 Å². The molecule has 1 atom stereocenters. The van der Waals surface area contributed by atoms with Crippen molar-refractivity contribution in [3.8, 4) is 0 Å². The van der Waals surface area contributed by atoms with Crippen LogP contribution in [-0.4, -0.2) is 25.2 Å². The van der Waals surface area contributed by atoms with Gasteiger partial charge in [0.05, 0.1) is 0 Å². The Balaban J connectivity index is 0.000000845. The molecule has 0 aromatic carbocycles. The van der Waals surface area contributed by atoms with Gasteiger partial charge < -0.3 is 10.6 Å². The summed E-state index contributed by atoms with van der Waals surface area (Å²) in [5.74, 6) is 0. The van der Waals surface area contributed by atoms with E-state index < -0.39 is 0 Å². The van der Waals surface area contributed by atoms with E-state index in [9.17, 15) is 0 Å². The van der Waals surface area contributed by atoms with Gasteiger partial charge in [-0.15, -0.1) is 12.6 Å². The maximum Gasteiger partial charge on any atom is 1.00 e. The molecule has 0 radical (unpaired) electrons. The molecule has 1 N–H and O–H groups in total. The van der Waals surface area contributed by atoms with Crippen LogP contribution in [0.2, 0.25) is 0 Å². The van der Waals surface area contributed by atoms with Crippen molar-refractivity contribution in [3.63, 3.8) is 0 Å². The van der Waals surface area contributed by atoms with Gasteiger partial charge in [0.15, 0.2) is 0 Å². The molecule has 1 heterocycles. The molecule has 0 spiro atoms. The number of rotatable bonds is 3. The summed E-state index contributed by atoms with van der Waals surface area (Å²) in [6.07, 6.45) is 8.22. The van der Waals surface area contributed by atoms with Gasteiger partial charge in [0.2, 0.25) is 0 Å². The van der Waals surface area contributed by atoms with Crippen LogP contribution in [0.5, 0.6) is 0 Å². The molecule has 3 heteroatoms. The average molecular weight is 206 g/mol. The second-order valence-electron chi connectivity index (χ2n) is 4.10. The Morgan fingerprint density at radius 3 is 2.46 bits per heavy atom. The minimum Gasteiger partial charge on any atom is -0.658 e. The quantitative estimate of drug-likeness (QED) is 0.593. The maximum absolute atomic E-state index is 4.69. The van der Waals surface area contributed by atoms with Crippen LogP contribution in [0.4, 0.5) is 0 Å². The summed E-state index contributed by atoms with van der Waals surface area (Å²) >= 11 is 0. The van der Waals surface area contributed by atoms with Gasteiger partial charge >= 0.3 is 51.4 Å². The Hall–Kier alpha value is 1.56. The van der Waals surface area contributed by atoms with E-state index in [1.54, 1.807) is 0 Å². The SMILES string of the molecule is C1CCC(C[N-]C2CCC2)NC1.[K+]. The summed E-state index contributed by atoms with van der Waals surface area (Å²) in [5, 5.41) is 8.22. The molecule has 13 heavy (non-hydrogen) atoms. The smallest absolute Gasteiger partial charge is 0.658 e. The van der Waals surface area contributed by atoms with Crippen LogP contribution >= 0.6 is 0 Å². The second-order valence-corrected chi connectivity index (χ2v) is 4.10. The molecular formula is C10H19KN2. The van der Waals surface area contributed by atoms with Crippen molar-refractivity contribution in [3.05, 3.63) is 5.32 Å². The Labute approximate surface area is 124 Å². The second kappa shape index (κ2) is 6.93. The largest absolute Gasteiger partial charge is 1.00 e. The van der Waals surface area contributed by atoms with Crippen LogP contribution < -0.4 is 56.7 Å². The summed E-state index contributed by atoms with van der Waals surface area (Å²) in [4.78, 5) is 0. The Morgan fingerprint density at radius 1 is 1.08 bits per heavy atom. The van der Waals surface area contributed by atoms with Crippen LogP contribution in [0.1, 0.15) is 38.5 Å². The Bertz CT molecular complexity index is 131. The molecule has 1 aliphatic heterocycles. The summed E-state index contributed by atoms with van der Waals surface area (Å²) in [5.41, 5.74) is 0. The molecule has 1 aliphatic carbocycles. The zero-order chi connectivity index (χ0) is 8.23. The molecule has 0 bridgehead atoms. The third kappa shape index (κ3) is 4.28. The first-order chi connectivity index (χ1) is 5.95. The van der Waals surface area contributed by atoms with E-state index in [2.05, 4.69) is 5.32 Å². The molecule has 0 aromatic rings. The van der Waals surface area contributed by atoms with Gasteiger partial charge in [0, 0.05) is 0 Å². The summed E-state index contributed by atoms with van der Waals surface area (Å²) in [7, 11) is 0. The zero-order valence-electron chi connectivity index (χ0n) is 8.76. The first kappa shape index (κ1) is 12.6. The van der Waals surface area contributed by atoms with E-state index >= 15 is 0 Å². The molecule has 2 rings (SSSR count). The van der Waals surface area contributed by atoms with E-state index in [1.165, 1.54) is 45.1 Å². The van der Waals surface area contributed by atoms with Crippen molar-refractivity contribution in [1.29, 1.82) is 0 Å². The van der Waals surface area contributed by atoms with Crippen molar-refractivity contribution in [2.45, 2.75) is 50.6 Å². The number of piperidine rings is 1. The van der Waals surface area contributed by atoms with Gasteiger partial charge in [0.1, 0.15) is 0 Å². The first-order valence-electron chi connectivity index (χ1n) is 5.35. The van der Waals surface area contributed by atoms with Crippen molar-refractivity contribution in [2.24, 2.45) is 0 Å². The Kier molecular flexibility index (Phi) is 6.73.